The number of nitrogens with one attached hydrogen (secondary N) is 1. The van der Waals surface area contributed by atoms with Gasteiger partial charge in [0.25, 0.3) is 5.91 Å². The average molecular weight is 329 g/mol. The fraction of sp³-hybridized carbons (Fsp3) is 0.286. The van der Waals surface area contributed by atoms with Crippen molar-refractivity contribution in [2.75, 3.05) is 19.4 Å². The summed E-state index contributed by atoms with van der Waals surface area (Å²) in [6.45, 7) is 0.335. The van der Waals surface area contributed by atoms with Gasteiger partial charge in [0.2, 0.25) is 0 Å². The van der Waals surface area contributed by atoms with Gasteiger partial charge in [-0.05, 0) is 17.7 Å². The molecule has 0 unspecified atom stereocenters. The Morgan fingerprint density at radius 1 is 1.27 bits per heavy atom. The first-order valence-corrected chi connectivity index (χ1v) is 7.16. The zero-order valence-corrected chi connectivity index (χ0v) is 12.8. The number of hydrogen-bond acceptors (Lipinski definition) is 4. The second kappa shape index (κ2) is 6.35. The normalized spacial score (nSPS) is 11.3. The van der Waals surface area contributed by atoms with Gasteiger partial charge in [0, 0.05) is 26.2 Å². The Kier molecular flexibility index (Phi) is 4.70. The van der Waals surface area contributed by atoms with Crippen LogP contribution in [0.4, 0.5) is 18.3 Å². The first-order chi connectivity index (χ1) is 10.3. The van der Waals surface area contributed by atoms with E-state index in [2.05, 4.69) is 10.3 Å². The predicted molar refractivity (Wildman–Crippen MR) is 78.9 cm³/mol. The third-order valence-corrected chi connectivity index (χ3v) is 3.84. The molecule has 0 aliphatic rings. The van der Waals surface area contributed by atoms with Gasteiger partial charge in [-0.15, -0.1) is 0 Å². The number of aromatic nitrogens is 1. The molecule has 0 radical (unpaired) electrons. The van der Waals surface area contributed by atoms with Crippen molar-refractivity contribution in [3.05, 3.63) is 46.5 Å². The van der Waals surface area contributed by atoms with Crippen LogP contribution in [0.2, 0.25) is 0 Å². The Morgan fingerprint density at radius 2 is 1.91 bits per heavy atom. The van der Waals surface area contributed by atoms with Crippen LogP contribution in [0.15, 0.2) is 30.5 Å². The Bertz CT molecular complexity index is 650. The first kappa shape index (κ1) is 16.3. The van der Waals surface area contributed by atoms with Gasteiger partial charge in [0.15, 0.2) is 5.13 Å². The lowest BCUT2D eigenvalue weighted by Gasteiger charge is -2.10. The van der Waals surface area contributed by atoms with E-state index < -0.39 is 11.1 Å². The average Bonchev–Trinajstić information content (AvgIpc) is 2.94. The summed E-state index contributed by atoms with van der Waals surface area (Å²) in [4.78, 5) is 16.2. The second-order valence-electron chi connectivity index (χ2n) is 4.78. The summed E-state index contributed by atoms with van der Waals surface area (Å²) >= 11 is 0.563. The highest BCUT2D eigenvalue weighted by Crippen LogP contribution is 2.35. The van der Waals surface area contributed by atoms with E-state index in [4.69, 9.17) is 0 Å². The largest absolute Gasteiger partial charge is 0.427 e. The van der Waals surface area contributed by atoms with Gasteiger partial charge in [0.1, 0.15) is 4.88 Å². The van der Waals surface area contributed by atoms with Gasteiger partial charge in [0.05, 0.1) is 6.20 Å². The summed E-state index contributed by atoms with van der Waals surface area (Å²) < 4.78 is 37.4. The summed E-state index contributed by atoms with van der Waals surface area (Å²) in [5, 5.41) is 3.05. The molecule has 2 aromatic rings. The number of benzene rings is 1. The van der Waals surface area contributed by atoms with Gasteiger partial charge in [-0.25, -0.2) is 4.98 Å². The zero-order valence-electron chi connectivity index (χ0n) is 11.9. The summed E-state index contributed by atoms with van der Waals surface area (Å²) in [5.74, 6) is -0.103. The lowest BCUT2D eigenvalue weighted by molar-refractivity contribution is -0.134. The molecule has 0 spiro atoms. The van der Waals surface area contributed by atoms with E-state index in [0.29, 0.717) is 23.4 Å². The molecule has 22 heavy (non-hydrogen) atoms. The van der Waals surface area contributed by atoms with Crippen molar-refractivity contribution in [2.24, 2.45) is 0 Å². The molecule has 8 heteroatoms. The molecule has 1 heterocycles. The van der Waals surface area contributed by atoms with E-state index in [1.54, 1.807) is 38.4 Å². The number of carbonyl (C=O) groups excluding carboxylic acids is 1. The molecule has 1 aromatic carbocycles. The first-order valence-electron chi connectivity index (χ1n) is 6.35. The molecule has 1 aromatic heterocycles. The van der Waals surface area contributed by atoms with Crippen LogP contribution >= 0.6 is 11.3 Å². The highest BCUT2D eigenvalue weighted by Gasteiger charge is 2.33. The zero-order chi connectivity index (χ0) is 16.3. The number of nitrogens with zero attached hydrogens (tertiary/aromatic N) is 2. The number of alkyl halides is 3. The molecule has 118 valence electrons. The minimum Gasteiger partial charge on any atom is -0.357 e. The van der Waals surface area contributed by atoms with Crippen molar-refractivity contribution in [1.82, 2.24) is 9.88 Å². The van der Waals surface area contributed by atoms with Crippen LogP contribution in [-0.4, -0.2) is 29.9 Å². The third kappa shape index (κ3) is 3.97. The fourth-order valence-corrected chi connectivity index (χ4v) is 2.37. The van der Waals surface area contributed by atoms with E-state index in [0.717, 1.165) is 11.8 Å². The molecule has 1 amide bonds. The highest BCUT2D eigenvalue weighted by atomic mass is 32.1. The number of carbonyl (C=O) groups is 1. The minimum atomic E-state index is -4.37. The van der Waals surface area contributed by atoms with E-state index in [9.17, 15) is 18.0 Å². The van der Waals surface area contributed by atoms with Crippen LogP contribution in [0.25, 0.3) is 0 Å². The van der Waals surface area contributed by atoms with Gasteiger partial charge < -0.3 is 10.2 Å². The second-order valence-corrected chi connectivity index (χ2v) is 5.81. The maximum absolute atomic E-state index is 12.5. The molecule has 0 aliphatic heterocycles. The minimum absolute atomic E-state index is 0.103. The summed E-state index contributed by atoms with van der Waals surface area (Å²) in [7, 11) is 3.33. The Balaban J connectivity index is 1.97. The van der Waals surface area contributed by atoms with E-state index in [1.165, 1.54) is 4.90 Å². The van der Waals surface area contributed by atoms with E-state index in [1.807, 2.05) is 0 Å². The molecule has 0 saturated carbocycles. The van der Waals surface area contributed by atoms with Crippen molar-refractivity contribution in [2.45, 2.75) is 12.7 Å². The lowest BCUT2D eigenvalue weighted by atomic mass is 10.1. The fourth-order valence-electron chi connectivity index (χ4n) is 1.69. The SMILES string of the molecule is CN(C)C(=O)c1ccc(CNc2ncc(C(F)(F)F)s2)cc1. The molecule has 0 atom stereocenters. The molecule has 1 N–H and O–H groups in total. The number of hydrogen-bond donors (Lipinski definition) is 1. The topological polar surface area (TPSA) is 45.2 Å². The molecular formula is C14H14F3N3OS. The summed E-state index contributed by atoms with van der Waals surface area (Å²) in [6.07, 6.45) is -3.56. The molecule has 2 rings (SSSR count). The van der Waals surface area contributed by atoms with E-state index >= 15 is 0 Å². The van der Waals surface area contributed by atoms with Crippen LogP contribution in [0, 0.1) is 0 Å². The molecule has 0 aliphatic carbocycles. The van der Waals surface area contributed by atoms with Gasteiger partial charge >= 0.3 is 6.18 Å². The number of amides is 1. The van der Waals surface area contributed by atoms with Crippen molar-refractivity contribution in [3.8, 4) is 0 Å². The predicted octanol–water partition coefficient (Wildman–Crippen LogP) is 3.48. The van der Waals surface area contributed by atoms with Gasteiger partial charge in [-0.2, -0.15) is 13.2 Å². The summed E-state index contributed by atoms with van der Waals surface area (Å²) in [6, 6.07) is 6.87. The van der Waals surface area contributed by atoms with Gasteiger partial charge in [-0.3, -0.25) is 4.79 Å². The van der Waals surface area contributed by atoms with Crippen molar-refractivity contribution in [1.29, 1.82) is 0 Å². The smallest absolute Gasteiger partial charge is 0.357 e. The molecule has 0 saturated heterocycles. The summed E-state index contributed by atoms with van der Waals surface area (Å²) in [5.41, 5.74) is 1.40. The molecule has 0 fully saturated rings. The Hall–Kier alpha value is -2.09. The highest BCUT2D eigenvalue weighted by molar-refractivity contribution is 7.15. The third-order valence-electron chi connectivity index (χ3n) is 2.84. The van der Waals surface area contributed by atoms with Crippen LogP contribution in [-0.2, 0) is 12.7 Å². The van der Waals surface area contributed by atoms with Gasteiger partial charge in [-0.1, -0.05) is 23.5 Å². The standard InChI is InChI=1S/C14H14F3N3OS/c1-20(2)12(21)10-5-3-9(4-6-10)7-18-13-19-8-11(22-13)14(15,16)17/h3-6,8H,7H2,1-2H3,(H,18,19). The van der Waals surface area contributed by atoms with Crippen LogP contribution in [0.3, 0.4) is 0 Å². The monoisotopic (exact) mass is 329 g/mol. The molecular weight excluding hydrogens is 315 g/mol. The quantitative estimate of drug-likeness (QED) is 0.934. The Labute approximate surface area is 129 Å². The van der Waals surface area contributed by atoms with E-state index in [-0.39, 0.29) is 11.0 Å². The lowest BCUT2D eigenvalue weighted by Crippen LogP contribution is -2.21. The van der Waals surface area contributed by atoms with Crippen LogP contribution < -0.4 is 5.32 Å². The maximum Gasteiger partial charge on any atom is 0.427 e. The number of halogens is 3. The number of thiazole rings is 1. The Morgan fingerprint density at radius 3 is 2.41 bits per heavy atom. The maximum atomic E-state index is 12.5. The van der Waals surface area contributed by atoms with Crippen LogP contribution in [0.5, 0.6) is 0 Å². The number of anilines is 1. The molecule has 0 bridgehead atoms. The van der Waals surface area contributed by atoms with Crippen molar-refractivity contribution < 1.29 is 18.0 Å². The van der Waals surface area contributed by atoms with Crippen LogP contribution in [0.1, 0.15) is 20.8 Å². The molecule has 4 nitrogen and oxygen atoms in total. The van der Waals surface area contributed by atoms with Crippen molar-refractivity contribution in [3.63, 3.8) is 0 Å². The number of rotatable bonds is 4. The van der Waals surface area contributed by atoms with Crippen molar-refractivity contribution >= 4 is 22.4 Å².